The molecule has 0 atom stereocenters. The first-order valence-corrected chi connectivity index (χ1v) is 48.8. The number of rotatable bonds is 25. The lowest BCUT2D eigenvalue weighted by Crippen LogP contribution is -2.01. The van der Waals surface area contributed by atoms with E-state index in [4.69, 9.17) is 177 Å². The summed E-state index contributed by atoms with van der Waals surface area (Å²) in [6, 6.07) is 99.7. The molecular weight excluding hydrogens is 2000 g/mol. The van der Waals surface area contributed by atoms with Crippen molar-refractivity contribution in [1.82, 2.24) is 0 Å². The number of anilines is 8. The number of nitrogen functional groups attached to an aromatic ring is 8. The zero-order valence-electron chi connectivity index (χ0n) is 80.7. The van der Waals surface area contributed by atoms with E-state index in [9.17, 15) is 0 Å². The van der Waals surface area contributed by atoms with Crippen molar-refractivity contribution in [3.05, 3.63) is 466 Å². The third kappa shape index (κ3) is 36.6. The Morgan fingerprint density at radius 1 is 0.184 bits per heavy atom. The van der Waals surface area contributed by atoms with Gasteiger partial charge in [0.1, 0.15) is 98.9 Å². The molecule has 734 valence electrons. The van der Waals surface area contributed by atoms with Gasteiger partial charge in [-0.3, -0.25) is 0 Å². The van der Waals surface area contributed by atoms with Gasteiger partial charge in [0.25, 0.3) is 0 Å². The van der Waals surface area contributed by atoms with Gasteiger partial charge < -0.3 is 83.8 Å². The molecule has 0 aliphatic rings. The second kappa shape index (κ2) is 57.1. The summed E-state index contributed by atoms with van der Waals surface area (Å²) in [6.45, 7) is 25.6. The minimum atomic E-state index is 0.367. The second-order valence-corrected chi connectivity index (χ2v) is 37.1. The van der Waals surface area contributed by atoms with Crippen LogP contribution in [0.2, 0.25) is 40.2 Å². The Morgan fingerprint density at radius 3 is 0.624 bits per heavy atom. The highest BCUT2D eigenvalue weighted by Gasteiger charge is 2.15. The Balaban J connectivity index is 0.000000180. The molecule has 0 aromatic heterocycles. The molecule has 0 spiro atoms. The van der Waals surface area contributed by atoms with Gasteiger partial charge in [-0.2, -0.15) is 0 Å². The van der Waals surface area contributed by atoms with Crippen LogP contribution in [0.25, 0.3) is 0 Å². The number of para-hydroxylation sites is 8. The second-order valence-electron chi connectivity index (χ2n) is 33.0. The van der Waals surface area contributed by atoms with Crippen LogP contribution in [0.5, 0.6) is 46.0 Å². The van der Waals surface area contributed by atoms with Gasteiger partial charge in [-0.15, -0.1) is 0 Å². The number of hydrogen-bond acceptors (Lipinski definition) is 16. The van der Waals surface area contributed by atoms with Crippen LogP contribution in [0.4, 0.5) is 45.5 Å². The minimum absolute atomic E-state index is 0.367. The maximum atomic E-state index is 6.15. The van der Waals surface area contributed by atoms with Crippen LogP contribution in [-0.4, -0.2) is 0 Å². The van der Waals surface area contributed by atoms with Crippen LogP contribution in [0.3, 0.4) is 0 Å². The van der Waals surface area contributed by atoms with Crippen molar-refractivity contribution >= 4 is 154 Å². The number of nitrogens with two attached hydrogens (primary N) is 8. The predicted octanol–water partition coefficient (Wildman–Crippen LogP) is 32.4. The summed E-state index contributed by atoms with van der Waals surface area (Å²) in [5.74, 6) is 5.67. The average Bonchev–Trinajstić information content (AvgIpc) is 0.867. The SMILES string of the molecule is CCc1cc(C)ccc1OCc1ccccc1N.Cc1cc(Cl)c(OCc2ccccc2N)cc1C.Cc1cc(Cl)c(OCc2ccccc2N)cc1C.Cc1cc(Cl)c(OCc2ccccc2N)cc1Cl.Cc1cc(Cl)c(OCc2ccccc2N)cc1Cl.Cc1ccc(OCc2ccccc2N)c(Br)c1.Cc1ccc(OCc2ccccc2N)c(Cl)c1.Cc1ccc(OCc2ccccc2N)c(Cl)c1. The predicted molar refractivity (Wildman–Crippen MR) is 598 cm³/mol. The lowest BCUT2D eigenvalue weighted by atomic mass is 10.1. The van der Waals surface area contributed by atoms with E-state index in [2.05, 4.69) is 41.9 Å². The Morgan fingerprint density at radius 2 is 0.376 bits per heavy atom. The van der Waals surface area contributed by atoms with E-state index in [0.717, 1.165) is 146 Å². The smallest absolute Gasteiger partial charge is 0.139 e. The molecule has 0 aliphatic heterocycles. The minimum Gasteiger partial charge on any atom is -0.489 e. The number of halogens is 9. The van der Waals surface area contributed by atoms with Gasteiger partial charge >= 0.3 is 0 Å². The van der Waals surface area contributed by atoms with Crippen molar-refractivity contribution in [3.8, 4) is 46.0 Å². The molecule has 0 bridgehead atoms. The molecule has 0 saturated carbocycles. The van der Waals surface area contributed by atoms with Crippen LogP contribution < -0.4 is 83.8 Å². The standard InChI is InChI=1S/C16H19NO.2C15H16ClNO.C14H14BrNO.2C14H13Cl2NO.2C14H14ClNO/c1-3-13-10-12(2)8-9-16(13)18-11-14-6-4-5-7-15(14)17;2*1-10-7-13(16)15(8-11(10)2)18-9-12-5-3-4-6-14(12)17;1-10-6-7-14(12(15)8-10)17-9-11-4-2-3-5-13(11)16;2*1-9-6-12(16)14(7-11(9)15)18-8-10-4-2-3-5-13(10)17;2*1-10-6-7-14(12(15)8-10)17-9-11-4-2-3-5-13(11)16/h4-10H,3,11,17H2,1-2H3;2*3-8H,9,17H2,1-2H3;2-8H,9,16H2,1H3;2*2-7H,8,17H2,1H3;2*2-8H,9,16H2,1H3. The lowest BCUT2D eigenvalue weighted by Gasteiger charge is -2.12. The molecule has 0 amide bonds. The molecule has 0 unspecified atom stereocenters. The molecule has 141 heavy (non-hydrogen) atoms. The van der Waals surface area contributed by atoms with Crippen molar-refractivity contribution in [3.63, 3.8) is 0 Å². The number of benzene rings is 16. The summed E-state index contributed by atoms with van der Waals surface area (Å²) in [5.41, 5.74) is 72.8. The molecule has 0 radical (unpaired) electrons. The first-order chi connectivity index (χ1) is 67.5. The summed E-state index contributed by atoms with van der Waals surface area (Å²) in [5, 5.41) is 4.88. The zero-order chi connectivity index (χ0) is 102. The van der Waals surface area contributed by atoms with Crippen LogP contribution in [0, 0.1) is 69.2 Å². The third-order valence-corrected chi connectivity index (χ3v) is 25.1. The molecular formula is C116H119BrCl8N8O8. The van der Waals surface area contributed by atoms with E-state index in [1.54, 1.807) is 24.3 Å². The summed E-state index contributed by atoms with van der Waals surface area (Å²) < 4.78 is 46.6. The average molecular weight is 2120 g/mol. The third-order valence-electron chi connectivity index (χ3n) is 21.9. The van der Waals surface area contributed by atoms with E-state index >= 15 is 0 Å². The topological polar surface area (TPSA) is 282 Å². The Hall–Kier alpha value is -12.9. The van der Waals surface area contributed by atoms with Gasteiger partial charge in [0, 0.05) is 112 Å². The van der Waals surface area contributed by atoms with Crippen LogP contribution in [0.15, 0.2) is 320 Å². The molecule has 16 nitrogen and oxygen atoms in total. The van der Waals surface area contributed by atoms with Gasteiger partial charge in [0.05, 0.1) is 34.6 Å². The van der Waals surface area contributed by atoms with E-state index in [1.807, 2.05) is 341 Å². The van der Waals surface area contributed by atoms with Gasteiger partial charge in [-0.25, -0.2) is 0 Å². The van der Waals surface area contributed by atoms with Crippen molar-refractivity contribution in [1.29, 1.82) is 0 Å². The van der Waals surface area contributed by atoms with Crippen molar-refractivity contribution in [2.75, 3.05) is 45.9 Å². The highest BCUT2D eigenvalue weighted by molar-refractivity contribution is 9.10. The fraction of sp³-hybridized carbons (Fsp3) is 0.172. The van der Waals surface area contributed by atoms with Gasteiger partial charge in [0.15, 0.2) is 0 Å². The van der Waals surface area contributed by atoms with Crippen LogP contribution in [0.1, 0.15) is 113 Å². The molecule has 25 heteroatoms. The summed E-state index contributed by atoms with van der Waals surface area (Å²) in [7, 11) is 0. The van der Waals surface area contributed by atoms with E-state index < -0.39 is 0 Å². The molecule has 16 aromatic carbocycles. The molecule has 0 fully saturated rings. The first kappa shape index (κ1) is 112. The van der Waals surface area contributed by atoms with Crippen LogP contribution in [-0.2, 0) is 59.3 Å². The first-order valence-electron chi connectivity index (χ1n) is 45.0. The van der Waals surface area contributed by atoms with E-state index in [1.165, 1.54) is 16.7 Å². The fourth-order valence-corrected chi connectivity index (χ4v) is 15.7. The van der Waals surface area contributed by atoms with Gasteiger partial charge in [0.2, 0.25) is 0 Å². The summed E-state index contributed by atoms with van der Waals surface area (Å²) in [6.07, 6.45) is 0.973. The Kier molecular flexibility index (Phi) is 45.3. The Bertz CT molecular complexity index is 6150. The molecule has 16 N–H and O–H groups in total. The summed E-state index contributed by atoms with van der Waals surface area (Å²) >= 11 is 52.2. The number of ether oxygens (including phenoxy) is 8. The summed E-state index contributed by atoms with van der Waals surface area (Å²) in [4.78, 5) is 0. The maximum absolute atomic E-state index is 6.15. The lowest BCUT2D eigenvalue weighted by molar-refractivity contribution is 0.304. The largest absolute Gasteiger partial charge is 0.489 e. The number of hydrogen-bond donors (Lipinski definition) is 8. The molecule has 0 heterocycles. The van der Waals surface area contributed by atoms with Crippen molar-refractivity contribution < 1.29 is 37.9 Å². The van der Waals surface area contributed by atoms with Crippen molar-refractivity contribution in [2.24, 2.45) is 0 Å². The molecule has 0 aliphatic carbocycles. The van der Waals surface area contributed by atoms with E-state index in [0.29, 0.717) is 139 Å². The number of aryl methyl sites for hydroxylation is 11. The Labute approximate surface area is 878 Å². The van der Waals surface area contributed by atoms with Gasteiger partial charge in [-0.05, 0) is 275 Å². The highest BCUT2D eigenvalue weighted by atomic mass is 79.9. The molecule has 16 rings (SSSR count). The highest BCUT2D eigenvalue weighted by Crippen LogP contribution is 2.38. The van der Waals surface area contributed by atoms with E-state index in [-0.39, 0.29) is 0 Å². The molecule has 16 aromatic rings. The quantitative estimate of drug-likeness (QED) is 0.0247. The van der Waals surface area contributed by atoms with Crippen LogP contribution >= 0.6 is 109 Å². The maximum Gasteiger partial charge on any atom is 0.139 e. The normalized spacial score (nSPS) is 10.3. The monoisotopic (exact) mass is 2110 g/mol. The zero-order valence-corrected chi connectivity index (χ0v) is 88.3. The van der Waals surface area contributed by atoms with Gasteiger partial charge in [-0.1, -0.05) is 281 Å². The fourth-order valence-electron chi connectivity index (χ4n) is 13.1. The molecule has 0 saturated heterocycles. The van der Waals surface area contributed by atoms with Crippen molar-refractivity contribution in [2.45, 2.75) is 135 Å².